The van der Waals surface area contributed by atoms with E-state index >= 15 is 0 Å². The Hall–Kier alpha value is -1.10. The maximum Gasteiger partial charge on any atom is 0.350 e. The first-order valence-corrected chi connectivity index (χ1v) is 4.01. The molecule has 0 aromatic carbocycles. The predicted molar refractivity (Wildman–Crippen MR) is 43.9 cm³/mol. The molecule has 0 fully saturated rings. The highest BCUT2D eigenvalue weighted by atomic mass is 16.6. The second-order valence-corrected chi connectivity index (χ2v) is 2.52. The summed E-state index contributed by atoms with van der Waals surface area (Å²) in [7, 11) is 0. The number of carbonyl (C=O) groups excluding carboxylic acids is 2. The summed E-state index contributed by atoms with van der Waals surface area (Å²) in [5, 5.41) is 9.08. The molecule has 76 valence electrons. The number of carbonyl (C=O) groups is 2. The van der Waals surface area contributed by atoms with Crippen molar-refractivity contribution < 1.29 is 24.2 Å². The van der Waals surface area contributed by atoms with Crippen LogP contribution in [0.5, 0.6) is 0 Å². The zero-order valence-corrected chi connectivity index (χ0v) is 7.94. The number of esters is 2. The zero-order chi connectivity index (χ0) is 10.4. The van der Waals surface area contributed by atoms with E-state index in [9.17, 15) is 9.59 Å². The maximum atomic E-state index is 11.1. The summed E-state index contributed by atoms with van der Waals surface area (Å²) in [6.45, 7) is 4.33. The van der Waals surface area contributed by atoms with Crippen molar-refractivity contribution in [3.05, 3.63) is 0 Å². The topological polar surface area (TPSA) is 72.8 Å². The van der Waals surface area contributed by atoms with Crippen molar-refractivity contribution in [3.63, 3.8) is 0 Å². The summed E-state index contributed by atoms with van der Waals surface area (Å²) in [4.78, 5) is 21.6. The first-order chi connectivity index (χ1) is 5.99. The van der Waals surface area contributed by atoms with E-state index in [1.54, 1.807) is 6.92 Å². The van der Waals surface area contributed by atoms with Crippen molar-refractivity contribution in [1.82, 2.24) is 0 Å². The van der Waals surface area contributed by atoms with Gasteiger partial charge in [-0.15, -0.1) is 0 Å². The minimum atomic E-state index is -1.22. The Kier molecular flexibility index (Phi) is 5.06. The van der Waals surface area contributed by atoms with Gasteiger partial charge >= 0.3 is 11.9 Å². The third kappa shape index (κ3) is 4.47. The van der Waals surface area contributed by atoms with Gasteiger partial charge in [0.05, 0.1) is 12.7 Å². The molecular formula is C8H14O5. The Morgan fingerprint density at radius 2 is 2.00 bits per heavy atom. The molecule has 1 N–H and O–H groups in total. The van der Waals surface area contributed by atoms with Gasteiger partial charge in [-0.2, -0.15) is 0 Å². The fourth-order valence-electron chi connectivity index (χ4n) is 0.747. The molecular weight excluding hydrogens is 176 g/mol. The predicted octanol–water partition coefficient (Wildman–Crippen LogP) is -0.138. The lowest BCUT2D eigenvalue weighted by atomic mass is 10.2. The van der Waals surface area contributed by atoms with Crippen molar-refractivity contribution in [2.75, 3.05) is 6.61 Å². The third-order valence-corrected chi connectivity index (χ3v) is 1.25. The normalized spacial score (nSPS) is 14.5. The number of rotatable bonds is 4. The third-order valence-electron chi connectivity index (χ3n) is 1.25. The van der Waals surface area contributed by atoms with Crippen LogP contribution in [0.2, 0.25) is 0 Å². The van der Waals surface area contributed by atoms with Gasteiger partial charge in [-0.1, -0.05) is 0 Å². The largest absolute Gasteiger partial charge is 0.463 e. The van der Waals surface area contributed by atoms with Gasteiger partial charge < -0.3 is 14.6 Å². The second kappa shape index (κ2) is 5.53. The Labute approximate surface area is 76.6 Å². The maximum absolute atomic E-state index is 11.1. The van der Waals surface area contributed by atoms with Crippen LogP contribution in [0.3, 0.4) is 0 Å². The minimum absolute atomic E-state index is 0.184. The van der Waals surface area contributed by atoms with Crippen molar-refractivity contribution in [2.45, 2.75) is 33.0 Å². The van der Waals surface area contributed by atoms with Crippen LogP contribution in [0, 0.1) is 0 Å². The van der Waals surface area contributed by atoms with E-state index in [2.05, 4.69) is 9.47 Å². The van der Waals surface area contributed by atoms with Gasteiger partial charge in [0.2, 0.25) is 6.10 Å². The molecule has 0 aromatic rings. The molecule has 0 amide bonds. The average molecular weight is 190 g/mol. The molecule has 0 rings (SSSR count). The molecule has 0 unspecified atom stereocenters. The minimum Gasteiger partial charge on any atom is -0.463 e. The smallest absolute Gasteiger partial charge is 0.350 e. The van der Waals surface area contributed by atoms with Crippen LogP contribution in [-0.4, -0.2) is 35.9 Å². The number of aliphatic hydroxyl groups is 1. The van der Waals surface area contributed by atoms with Gasteiger partial charge in [-0.05, 0) is 13.8 Å². The lowest BCUT2D eigenvalue weighted by Crippen LogP contribution is -2.37. The second-order valence-electron chi connectivity index (χ2n) is 2.52. The highest BCUT2D eigenvalue weighted by molar-refractivity contribution is 5.79. The zero-order valence-electron chi connectivity index (χ0n) is 7.94. The van der Waals surface area contributed by atoms with E-state index in [1.807, 2.05) is 0 Å². The van der Waals surface area contributed by atoms with Crippen molar-refractivity contribution >= 4 is 11.9 Å². The summed E-state index contributed by atoms with van der Waals surface area (Å²) in [5.74, 6) is -1.35. The molecule has 2 atom stereocenters. The van der Waals surface area contributed by atoms with E-state index < -0.39 is 24.1 Å². The summed E-state index contributed by atoms with van der Waals surface area (Å²) < 4.78 is 9.15. The van der Waals surface area contributed by atoms with Crippen molar-refractivity contribution in [2.24, 2.45) is 0 Å². The average Bonchev–Trinajstić information content (AvgIpc) is 1.99. The van der Waals surface area contributed by atoms with Gasteiger partial charge in [0, 0.05) is 6.92 Å². The van der Waals surface area contributed by atoms with Crippen LogP contribution in [0.25, 0.3) is 0 Å². The van der Waals surface area contributed by atoms with Crippen LogP contribution >= 0.6 is 0 Å². The SMILES string of the molecule is CCOC(=O)[C@@H](OC(C)=O)[C@@H](C)O. The quantitative estimate of drug-likeness (QED) is 0.625. The molecule has 0 radical (unpaired) electrons. The Morgan fingerprint density at radius 3 is 2.31 bits per heavy atom. The number of hydrogen-bond donors (Lipinski definition) is 1. The molecule has 0 saturated heterocycles. The number of ether oxygens (including phenoxy) is 2. The van der Waals surface area contributed by atoms with Crippen LogP contribution in [0.1, 0.15) is 20.8 Å². The standard InChI is InChI=1S/C8H14O5/c1-4-12-8(11)7(5(2)9)13-6(3)10/h5,7,9H,4H2,1-3H3/t5-,7+/m1/s1. The molecule has 0 heterocycles. The summed E-state index contributed by atoms with van der Waals surface area (Å²) in [6.07, 6.45) is -2.29. The highest BCUT2D eigenvalue weighted by Crippen LogP contribution is 2.02. The summed E-state index contributed by atoms with van der Waals surface area (Å²) >= 11 is 0. The molecule has 5 nitrogen and oxygen atoms in total. The molecule has 13 heavy (non-hydrogen) atoms. The van der Waals surface area contributed by atoms with E-state index in [4.69, 9.17) is 5.11 Å². The molecule has 5 heteroatoms. The fraction of sp³-hybridized carbons (Fsp3) is 0.750. The fourth-order valence-corrected chi connectivity index (χ4v) is 0.747. The molecule has 0 spiro atoms. The lowest BCUT2D eigenvalue weighted by molar-refractivity contribution is -0.173. The Morgan fingerprint density at radius 1 is 1.46 bits per heavy atom. The van der Waals surface area contributed by atoms with Gasteiger partial charge in [-0.25, -0.2) is 4.79 Å². The molecule has 0 aliphatic rings. The molecule has 0 saturated carbocycles. The Bertz CT molecular complexity index is 187. The Balaban J connectivity index is 4.24. The molecule has 0 bridgehead atoms. The first kappa shape index (κ1) is 11.9. The van der Waals surface area contributed by atoms with Gasteiger partial charge in [0.1, 0.15) is 0 Å². The molecule has 0 aliphatic carbocycles. The summed E-state index contributed by atoms with van der Waals surface area (Å²) in [5.41, 5.74) is 0. The van der Waals surface area contributed by atoms with E-state index in [0.29, 0.717) is 0 Å². The lowest BCUT2D eigenvalue weighted by Gasteiger charge is -2.17. The number of aliphatic hydroxyl groups excluding tert-OH is 1. The van der Waals surface area contributed by atoms with E-state index in [0.717, 1.165) is 6.92 Å². The highest BCUT2D eigenvalue weighted by Gasteiger charge is 2.27. The van der Waals surface area contributed by atoms with Crippen LogP contribution in [-0.2, 0) is 19.1 Å². The van der Waals surface area contributed by atoms with Crippen LogP contribution in [0.4, 0.5) is 0 Å². The van der Waals surface area contributed by atoms with E-state index in [-0.39, 0.29) is 6.61 Å². The van der Waals surface area contributed by atoms with Crippen LogP contribution < -0.4 is 0 Å². The van der Waals surface area contributed by atoms with Gasteiger partial charge in [0.15, 0.2) is 0 Å². The van der Waals surface area contributed by atoms with Gasteiger partial charge in [0.25, 0.3) is 0 Å². The summed E-state index contributed by atoms with van der Waals surface area (Å²) in [6, 6.07) is 0. The van der Waals surface area contributed by atoms with E-state index in [1.165, 1.54) is 6.92 Å². The molecule has 0 aromatic heterocycles. The molecule has 0 aliphatic heterocycles. The van der Waals surface area contributed by atoms with Gasteiger partial charge in [-0.3, -0.25) is 4.79 Å². The monoisotopic (exact) mass is 190 g/mol. The first-order valence-electron chi connectivity index (χ1n) is 4.01. The number of hydrogen-bond acceptors (Lipinski definition) is 5. The van der Waals surface area contributed by atoms with Crippen molar-refractivity contribution in [3.8, 4) is 0 Å². The van der Waals surface area contributed by atoms with Crippen LogP contribution in [0.15, 0.2) is 0 Å². The van der Waals surface area contributed by atoms with Crippen molar-refractivity contribution in [1.29, 1.82) is 0 Å².